The number of anilines is 1. The van der Waals surface area contributed by atoms with E-state index < -0.39 is 10.0 Å². The summed E-state index contributed by atoms with van der Waals surface area (Å²) in [6.07, 6.45) is 1.78. The topological polar surface area (TPSA) is 97.2 Å². The normalized spacial score (nSPS) is 14.6. The van der Waals surface area contributed by atoms with Crippen LogP contribution < -0.4 is 5.32 Å². The van der Waals surface area contributed by atoms with Gasteiger partial charge in [0.2, 0.25) is 15.9 Å². The second-order valence-electron chi connectivity index (χ2n) is 7.67. The van der Waals surface area contributed by atoms with E-state index in [4.69, 9.17) is 0 Å². The molecule has 1 aliphatic rings. The van der Waals surface area contributed by atoms with E-state index in [0.29, 0.717) is 23.9 Å². The summed E-state index contributed by atoms with van der Waals surface area (Å²) in [6.45, 7) is 5.02. The molecule has 1 amide bonds. The molecule has 0 aliphatic carbocycles. The summed E-state index contributed by atoms with van der Waals surface area (Å²) in [5, 5.41) is 11.8. The second-order valence-corrected chi connectivity index (χ2v) is 10.6. The standard InChI is InChI=1S/C22H25N5O3S2/c1-16-5-9-19(10-6-16)27-17(2)24-25-22(27)31-15-21(28)23-18-7-11-20(12-8-18)32(29,30)26-13-3-4-14-26/h5-12H,3-4,13-15H2,1-2H3,(H,23,28). The number of carbonyl (C=O) groups excluding carboxylic acids is 1. The molecule has 2 heterocycles. The van der Waals surface area contributed by atoms with E-state index in [1.807, 2.05) is 42.7 Å². The molecule has 32 heavy (non-hydrogen) atoms. The Morgan fingerprint density at radius 1 is 1.00 bits per heavy atom. The van der Waals surface area contributed by atoms with Crippen LogP contribution in [0, 0.1) is 13.8 Å². The number of sulfonamides is 1. The van der Waals surface area contributed by atoms with Crippen molar-refractivity contribution in [2.24, 2.45) is 0 Å². The Labute approximate surface area is 192 Å². The Bertz CT molecular complexity index is 1200. The summed E-state index contributed by atoms with van der Waals surface area (Å²) in [5.74, 6) is 0.686. The first-order valence-corrected chi connectivity index (χ1v) is 12.8. The van der Waals surface area contributed by atoms with Crippen molar-refractivity contribution >= 4 is 33.4 Å². The number of thioether (sulfide) groups is 1. The number of nitrogens with one attached hydrogen (secondary N) is 1. The van der Waals surface area contributed by atoms with E-state index in [1.54, 1.807) is 12.1 Å². The highest BCUT2D eigenvalue weighted by Gasteiger charge is 2.27. The van der Waals surface area contributed by atoms with Gasteiger partial charge in [0.25, 0.3) is 0 Å². The van der Waals surface area contributed by atoms with Crippen molar-refractivity contribution in [3.8, 4) is 5.69 Å². The average Bonchev–Trinajstić information content (AvgIpc) is 3.44. The van der Waals surface area contributed by atoms with Crippen molar-refractivity contribution in [1.29, 1.82) is 0 Å². The van der Waals surface area contributed by atoms with Crippen molar-refractivity contribution < 1.29 is 13.2 Å². The van der Waals surface area contributed by atoms with Gasteiger partial charge in [-0.05, 0) is 63.1 Å². The zero-order valence-corrected chi connectivity index (χ0v) is 19.6. The maximum atomic E-state index is 12.6. The van der Waals surface area contributed by atoms with Crippen molar-refractivity contribution in [2.75, 3.05) is 24.2 Å². The molecule has 3 aromatic rings. The first-order chi connectivity index (χ1) is 15.3. The summed E-state index contributed by atoms with van der Waals surface area (Å²) in [6, 6.07) is 14.3. The van der Waals surface area contributed by atoms with Gasteiger partial charge in [-0.25, -0.2) is 8.42 Å². The van der Waals surface area contributed by atoms with Crippen molar-refractivity contribution in [3.05, 3.63) is 59.9 Å². The Morgan fingerprint density at radius 2 is 1.66 bits per heavy atom. The van der Waals surface area contributed by atoms with Crippen LogP contribution in [0.1, 0.15) is 24.2 Å². The fraction of sp³-hybridized carbons (Fsp3) is 0.318. The summed E-state index contributed by atoms with van der Waals surface area (Å²) in [4.78, 5) is 12.7. The minimum atomic E-state index is -3.46. The zero-order chi connectivity index (χ0) is 22.7. The molecule has 0 radical (unpaired) electrons. The fourth-order valence-electron chi connectivity index (χ4n) is 3.54. The summed E-state index contributed by atoms with van der Waals surface area (Å²) in [7, 11) is -3.46. The largest absolute Gasteiger partial charge is 0.325 e. The Morgan fingerprint density at radius 3 is 2.31 bits per heavy atom. The molecule has 1 aliphatic heterocycles. The molecule has 0 bridgehead atoms. The predicted molar refractivity (Wildman–Crippen MR) is 125 cm³/mol. The van der Waals surface area contributed by atoms with Gasteiger partial charge in [0.15, 0.2) is 5.16 Å². The van der Waals surface area contributed by atoms with Gasteiger partial charge in [0, 0.05) is 24.5 Å². The predicted octanol–water partition coefficient (Wildman–Crippen LogP) is 3.40. The van der Waals surface area contributed by atoms with E-state index >= 15 is 0 Å². The van der Waals surface area contributed by atoms with E-state index in [2.05, 4.69) is 15.5 Å². The first kappa shape index (κ1) is 22.5. The molecule has 0 spiro atoms. The monoisotopic (exact) mass is 471 g/mol. The Hall–Kier alpha value is -2.69. The number of aryl methyl sites for hydroxylation is 2. The van der Waals surface area contributed by atoms with Crippen LogP contribution in [0.4, 0.5) is 5.69 Å². The number of rotatable bonds is 7. The van der Waals surface area contributed by atoms with Crippen LogP contribution in [0.5, 0.6) is 0 Å². The molecule has 1 fully saturated rings. The number of benzene rings is 2. The third kappa shape index (κ3) is 4.87. The van der Waals surface area contributed by atoms with Crippen molar-refractivity contribution in [1.82, 2.24) is 19.1 Å². The second kappa shape index (κ2) is 9.43. The van der Waals surface area contributed by atoms with Crippen molar-refractivity contribution in [3.63, 3.8) is 0 Å². The minimum absolute atomic E-state index is 0.151. The molecule has 8 nitrogen and oxygen atoms in total. The van der Waals surface area contributed by atoms with Gasteiger partial charge < -0.3 is 5.32 Å². The van der Waals surface area contributed by atoms with E-state index in [-0.39, 0.29) is 16.6 Å². The molecule has 0 unspecified atom stereocenters. The SMILES string of the molecule is Cc1ccc(-n2c(C)nnc2SCC(=O)Nc2ccc(S(=O)(=O)N3CCCC3)cc2)cc1. The highest BCUT2D eigenvalue weighted by molar-refractivity contribution is 7.99. The van der Waals surface area contributed by atoms with Gasteiger partial charge in [-0.3, -0.25) is 9.36 Å². The average molecular weight is 472 g/mol. The van der Waals surface area contributed by atoms with E-state index in [9.17, 15) is 13.2 Å². The fourth-order valence-corrected chi connectivity index (χ4v) is 5.86. The van der Waals surface area contributed by atoms with Gasteiger partial charge in [-0.2, -0.15) is 4.31 Å². The molecule has 0 saturated carbocycles. The molecule has 0 atom stereocenters. The third-order valence-electron chi connectivity index (χ3n) is 5.26. The first-order valence-electron chi connectivity index (χ1n) is 10.4. The summed E-state index contributed by atoms with van der Waals surface area (Å²) in [5.41, 5.74) is 2.65. The number of hydrogen-bond donors (Lipinski definition) is 1. The maximum absolute atomic E-state index is 12.6. The lowest BCUT2D eigenvalue weighted by atomic mass is 10.2. The number of amides is 1. The van der Waals surface area contributed by atoms with Gasteiger partial charge in [-0.1, -0.05) is 29.5 Å². The Balaban J connectivity index is 1.38. The van der Waals surface area contributed by atoms with E-state index in [0.717, 1.165) is 29.9 Å². The van der Waals surface area contributed by atoms with Crippen molar-refractivity contribution in [2.45, 2.75) is 36.7 Å². The lowest BCUT2D eigenvalue weighted by Crippen LogP contribution is -2.27. The van der Waals surface area contributed by atoms with Gasteiger partial charge >= 0.3 is 0 Å². The summed E-state index contributed by atoms with van der Waals surface area (Å²) >= 11 is 1.29. The highest BCUT2D eigenvalue weighted by atomic mass is 32.2. The van der Waals surface area contributed by atoms with Gasteiger partial charge in [0.1, 0.15) is 5.82 Å². The molecule has 4 rings (SSSR count). The third-order valence-corrected chi connectivity index (χ3v) is 8.10. The number of hydrogen-bond acceptors (Lipinski definition) is 6. The Kier molecular flexibility index (Phi) is 6.63. The smallest absolute Gasteiger partial charge is 0.243 e. The maximum Gasteiger partial charge on any atom is 0.243 e. The lowest BCUT2D eigenvalue weighted by molar-refractivity contribution is -0.113. The molecule has 10 heteroatoms. The van der Waals surface area contributed by atoms with Crippen LogP contribution in [0.25, 0.3) is 5.69 Å². The van der Waals surface area contributed by atoms with E-state index in [1.165, 1.54) is 28.2 Å². The van der Waals surface area contributed by atoms with Crippen LogP contribution in [0.15, 0.2) is 58.6 Å². The number of nitrogens with zero attached hydrogens (tertiary/aromatic N) is 4. The molecule has 2 aromatic carbocycles. The summed E-state index contributed by atoms with van der Waals surface area (Å²) < 4.78 is 28.6. The quantitative estimate of drug-likeness (QED) is 0.531. The lowest BCUT2D eigenvalue weighted by Gasteiger charge is -2.15. The van der Waals surface area contributed by atoms with Crippen LogP contribution in [-0.2, 0) is 14.8 Å². The molecule has 1 aromatic heterocycles. The minimum Gasteiger partial charge on any atom is -0.325 e. The molecule has 1 N–H and O–H groups in total. The van der Waals surface area contributed by atoms with Crippen LogP contribution >= 0.6 is 11.8 Å². The van der Waals surface area contributed by atoms with Crippen LogP contribution in [0.3, 0.4) is 0 Å². The number of carbonyl (C=O) groups is 1. The molecular formula is C22H25N5O3S2. The number of aromatic nitrogens is 3. The molecular weight excluding hydrogens is 446 g/mol. The van der Waals surface area contributed by atoms with Crippen LogP contribution in [0.2, 0.25) is 0 Å². The molecule has 168 valence electrons. The highest BCUT2D eigenvalue weighted by Crippen LogP contribution is 2.24. The van der Waals surface area contributed by atoms with Gasteiger partial charge in [-0.15, -0.1) is 10.2 Å². The molecule has 1 saturated heterocycles. The van der Waals surface area contributed by atoms with Gasteiger partial charge in [0.05, 0.1) is 10.6 Å². The zero-order valence-electron chi connectivity index (χ0n) is 18.0. The van der Waals surface area contributed by atoms with Crippen LogP contribution in [-0.4, -0.2) is 52.2 Å².